The largest absolute Gasteiger partial charge is 0.296 e. The first-order valence-corrected chi connectivity index (χ1v) is 3.81. The third-order valence-electron chi connectivity index (χ3n) is 1.17. The highest BCUT2D eigenvalue weighted by Gasteiger charge is 2.03. The van der Waals surface area contributed by atoms with Gasteiger partial charge in [-0.2, -0.15) is 5.10 Å². The Morgan fingerprint density at radius 2 is 2.55 bits per heavy atom. The molecule has 1 heterocycles. The van der Waals surface area contributed by atoms with E-state index in [0.717, 1.165) is 0 Å². The van der Waals surface area contributed by atoms with Crippen LogP contribution in [-0.2, 0) is 6.54 Å². The fraction of sp³-hybridized carbons (Fsp3) is 0.333. The molecule has 0 aliphatic carbocycles. The zero-order valence-corrected chi connectivity index (χ0v) is 7.21. The van der Waals surface area contributed by atoms with Crippen LogP contribution in [0.3, 0.4) is 0 Å². The van der Waals surface area contributed by atoms with E-state index in [2.05, 4.69) is 21.0 Å². The Morgan fingerprint density at radius 3 is 3.00 bits per heavy atom. The van der Waals surface area contributed by atoms with E-state index in [9.17, 15) is 9.18 Å². The second-order valence-electron chi connectivity index (χ2n) is 1.93. The van der Waals surface area contributed by atoms with E-state index >= 15 is 0 Å². The lowest BCUT2D eigenvalue weighted by atomic mass is 10.5. The maximum absolute atomic E-state index is 11.8. The molecule has 0 aromatic carbocycles. The van der Waals surface area contributed by atoms with Crippen LogP contribution in [0, 0.1) is 0 Å². The van der Waals surface area contributed by atoms with E-state index < -0.39 is 6.67 Å². The zero-order chi connectivity index (χ0) is 8.27. The normalized spacial score (nSPS) is 10.0. The van der Waals surface area contributed by atoms with E-state index in [1.54, 1.807) is 6.20 Å². The summed E-state index contributed by atoms with van der Waals surface area (Å²) in [5, 5.41) is 3.78. The van der Waals surface area contributed by atoms with Crippen molar-refractivity contribution in [2.75, 3.05) is 6.67 Å². The molecule has 1 aromatic heterocycles. The van der Waals surface area contributed by atoms with Crippen molar-refractivity contribution >= 4 is 22.2 Å². The van der Waals surface area contributed by atoms with Crippen molar-refractivity contribution in [3.63, 3.8) is 0 Å². The van der Waals surface area contributed by atoms with Gasteiger partial charge >= 0.3 is 0 Å². The predicted octanol–water partition coefficient (Wildman–Crippen LogP) is 1.43. The summed E-state index contributed by atoms with van der Waals surface area (Å²) in [5.41, 5.74) is 0.304. The number of carbonyl (C=O) groups excluding carboxylic acids is 1. The summed E-state index contributed by atoms with van der Waals surface area (Å²) in [6, 6.07) is 0. The average Bonchev–Trinajstić information content (AvgIpc) is 2.32. The van der Waals surface area contributed by atoms with E-state index in [1.807, 2.05) is 0 Å². The summed E-state index contributed by atoms with van der Waals surface area (Å²) in [4.78, 5) is 10.2. The fourth-order valence-corrected chi connectivity index (χ4v) is 1.10. The lowest BCUT2D eigenvalue weighted by Gasteiger charge is -1.91. The van der Waals surface area contributed by atoms with E-state index in [4.69, 9.17) is 0 Å². The van der Waals surface area contributed by atoms with E-state index in [0.29, 0.717) is 16.5 Å². The molecule has 0 unspecified atom stereocenters. The molecule has 0 spiro atoms. The van der Waals surface area contributed by atoms with Crippen LogP contribution in [0.2, 0.25) is 0 Å². The molecule has 0 saturated carbocycles. The van der Waals surface area contributed by atoms with Crippen molar-refractivity contribution in [3.05, 3.63) is 16.4 Å². The van der Waals surface area contributed by atoms with Crippen molar-refractivity contribution in [2.24, 2.45) is 0 Å². The first kappa shape index (κ1) is 8.39. The monoisotopic (exact) mass is 220 g/mol. The number of carbonyl (C=O) groups is 1. The SMILES string of the molecule is O=Cc1nn(CCF)cc1Br. The number of aldehydes is 1. The lowest BCUT2D eigenvalue weighted by molar-refractivity contribution is 0.111. The van der Waals surface area contributed by atoms with Crippen LogP contribution in [0.5, 0.6) is 0 Å². The maximum Gasteiger partial charge on any atom is 0.171 e. The van der Waals surface area contributed by atoms with Gasteiger partial charge in [-0.1, -0.05) is 0 Å². The second-order valence-corrected chi connectivity index (χ2v) is 2.79. The van der Waals surface area contributed by atoms with Gasteiger partial charge in [-0.25, -0.2) is 4.39 Å². The summed E-state index contributed by atoms with van der Waals surface area (Å²) < 4.78 is 13.7. The molecule has 11 heavy (non-hydrogen) atoms. The van der Waals surface area contributed by atoms with Gasteiger partial charge in [0.1, 0.15) is 12.4 Å². The standard InChI is InChI=1S/C6H6BrFN2O/c7-5-3-10(2-1-8)9-6(5)4-11/h3-4H,1-2H2. The topological polar surface area (TPSA) is 34.9 Å². The average molecular weight is 221 g/mol. The number of aryl methyl sites for hydroxylation is 1. The fourth-order valence-electron chi connectivity index (χ4n) is 0.693. The molecule has 3 nitrogen and oxygen atoms in total. The highest BCUT2D eigenvalue weighted by atomic mass is 79.9. The van der Waals surface area contributed by atoms with Crippen LogP contribution in [0.1, 0.15) is 10.5 Å². The first-order valence-electron chi connectivity index (χ1n) is 3.02. The molecule has 0 aliphatic heterocycles. The number of hydrogen-bond donors (Lipinski definition) is 0. The predicted molar refractivity (Wildman–Crippen MR) is 41.3 cm³/mol. The molecule has 0 radical (unpaired) electrons. The van der Waals surface area contributed by atoms with Gasteiger partial charge in [0.05, 0.1) is 11.0 Å². The summed E-state index contributed by atoms with van der Waals surface area (Å²) >= 11 is 3.11. The molecule has 1 rings (SSSR count). The van der Waals surface area contributed by atoms with Gasteiger partial charge < -0.3 is 0 Å². The minimum atomic E-state index is -0.480. The van der Waals surface area contributed by atoms with Crippen LogP contribution >= 0.6 is 15.9 Å². The molecule has 0 fully saturated rings. The Morgan fingerprint density at radius 1 is 1.82 bits per heavy atom. The highest BCUT2D eigenvalue weighted by molar-refractivity contribution is 9.10. The van der Waals surface area contributed by atoms with Crippen LogP contribution in [0.15, 0.2) is 10.7 Å². The molecule has 1 aromatic rings. The highest BCUT2D eigenvalue weighted by Crippen LogP contribution is 2.12. The second kappa shape index (κ2) is 3.61. The Labute approximate surface area is 71.3 Å². The summed E-state index contributed by atoms with van der Waals surface area (Å²) in [5.74, 6) is 0. The molecule has 0 amide bonds. The van der Waals surface area contributed by atoms with Gasteiger partial charge in [-0.3, -0.25) is 9.48 Å². The quantitative estimate of drug-likeness (QED) is 0.723. The number of alkyl halides is 1. The molecule has 0 atom stereocenters. The van der Waals surface area contributed by atoms with E-state index in [1.165, 1.54) is 4.68 Å². The van der Waals surface area contributed by atoms with Gasteiger partial charge in [-0.15, -0.1) is 0 Å². The third kappa shape index (κ3) is 1.86. The van der Waals surface area contributed by atoms with Crippen LogP contribution in [0.4, 0.5) is 4.39 Å². The zero-order valence-electron chi connectivity index (χ0n) is 5.63. The molecule has 5 heteroatoms. The summed E-state index contributed by atoms with van der Waals surface area (Å²) in [6.45, 7) is -0.293. The Hall–Kier alpha value is -0.710. The number of aromatic nitrogens is 2. The Bertz CT molecular complexity index is 261. The van der Waals surface area contributed by atoms with Crippen molar-refractivity contribution in [3.8, 4) is 0 Å². The van der Waals surface area contributed by atoms with E-state index in [-0.39, 0.29) is 6.54 Å². The minimum absolute atomic E-state index is 0.187. The summed E-state index contributed by atoms with van der Waals surface area (Å²) in [6.07, 6.45) is 2.20. The lowest BCUT2D eigenvalue weighted by Crippen LogP contribution is -2.00. The van der Waals surface area contributed by atoms with Crippen molar-refractivity contribution < 1.29 is 9.18 Å². The van der Waals surface area contributed by atoms with Crippen molar-refractivity contribution in [2.45, 2.75) is 6.54 Å². The number of rotatable bonds is 3. The molecular formula is C6H6BrFN2O. The molecule has 0 aliphatic rings. The third-order valence-corrected chi connectivity index (χ3v) is 1.78. The number of nitrogens with zero attached hydrogens (tertiary/aromatic N) is 2. The molecule has 0 saturated heterocycles. The minimum Gasteiger partial charge on any atom is -0.296 e. The van der Waals surface area contributed by atoms with Gasteiger partial charge in [0.25, 0.3) is 0 Å². The van der Waals surface area contributed by atoms with Gasteiger partial charge in [0.15, 0.2) is 6.29 Å². The molecular weight excluding hydrogens is 215 g/mol. The van der Waals surface area contributed by atoms with Gasteiger partial charge in [-0.05, 0) is 15.9 Å². The smallest absolute Gasteiger partial charge is 0.171 e. The van der Waals surface area contributed by atoms with Crippen LogP contribution in [-0.4, -0.2) is 22.7 Å². The maximum atomic E-state index is 11.8. The van der Waals surface area contributed by atoms with Crippen LogP contribution in [0.25, 0.3) is 0 Å². The molecule has 0 N–H and O–H groups in total. The molecule has 60 valence electrons. The van der Waals surface area contributed by atoms with Crippen molar-refractivity contribution in [1.29, 1.82) is 0 Å². The molecule has 0 bridgehead atoms. The van der Waals surface area contributed by atoms with Crippen molar-refractivity contribution in [1.82, 2.24) is 9.78 Å². The number of halogens is 2. The number of hydrogen-bond acceptors (Lipinski definition) is 2. The van der Waals surface area contributed by atoms with Crippen LogP contribution < -0.4 is 0 Å². The Balaban J connectivity index is 2.86. The first-order chi connectivity index (χ1) is 5.27. The van der Waals surface area contributed by atoms with Gasteiger partial charge in [0.2, 0.25) is 0 Å². The summed E-state index contributed by atoms with van der Waals surface area (Å²) in [7, 11) is 0. The Kier molecular flexibility index (Phi) is 2.76. The van der Waals surface area contributed by atoms with Gasteiger partial charge in [0, 0.05) is 6.20 Å².